The number of rotatable bonds is 9. The number of esters is 2. The van der Waals surface area contributed by atoms with Crippen LogP contribution in [0.5, 0.6) is 11.5 Å². The molecule has 14 nitrogen and oxygen atoms in total. The van der Waals surface area contributed by atoms with Gasteiger partial charge in [-0.15, -0.1) is 0 Å². The number of sulfone groups is 2. The minimum Gasteiger partial charge on any atom is -0.496 e. The molecular weight excluding hydrogens is 560 g/mol. The number of nitrogen functional groups attached to an aromatic ring is 2. The van der Waals surface area contributed by atoms with Gasteiger partial charge >= 0.3 is 18.1 Å². The number of carboxylic acid groups (broad SMARTS) is 1. The van der Waals surface area contributed by atoms with Gasteiger partial charge in [-0.05, 0) is 19.1 Å². The van der Waals surface area contributed by atoms with Gasteiger partial charge in [0.25, 0.3) is 0 Å². The van der Waals surface area contributed by atoms with E-state index in [-0.39, 0.29) is 61.9 Å². The van der Waals surface area contributed by atoms with E-state index in [9.17, 15) is 31.2 Å². The van der Waals surface area contributed by atoms with Crippen molar-refractivity contribution in [3.8, 4) is 11.5 Å². The number of carbonyl (C=O) groups excluding carboxylic acids is 2. The normalized spacial score (nSPS) is 11.0. The number of hydrogen-bond acceptors (Lipinski definition) is 13. The van der Waals surface area contributed by atoms with Gasteiger partial charge < -0.3 is 35.5 Å². The molecule has 0 aliphatic heterocycles. The molecule has 0 saturated carbocycles. The fourth-order valence-corrected chi connectivity index (χ4v) is 5.03. The van der Waals surface area contributed by atoms with Gasteiger partial charge in [0, 0.05) is 12.1 Å². The van der Waals surface area contributed by atoms with E-state index in [1.807, 2.05) is 0 Å². The molecule has 2 aromatic carbocycles. The summed E-state index contributed by atoms with van der Waals surface area (Å²) in [5, 5.41) is 7.69. The molecule has 0 unspecified atom stereocenters. The quantitative estimate of drug-likeness (QED) is 0.216. The van der Waals surface area contributed by atoms with Crippen LogP contribution in [0, 0.1) is 0 Å². The second-order valence-electron chi connectivity index (χ2n) is 7.36. The molecule has 0 aliphatic carbocycles. The zero-order valence-corrected chi connectivity index (χ0v) is 23.5. The molecule has 216 valence electrons. The Morgan fingerprint density at radius 2 is 1.10 bits per heavy atom. The van der Waals surface area contributed by atoms with Crippen LogP contribution in [0.1, 0.15) is 41.5 Å². The molecular formula is C23H30N2O12S2. The number of methoxy groups -OCH3 is 2. The Bertz CT molecular complexity index is 1350. The number of anilines is 2. The summed E-state index contributed by atoms with van der Waals surface area (Å²) in [5.41, 5.74) is 10.5. The maximum absolute atomic E-state index is 12.7. The highest BCUT2D eigenvalue weighted by Crippen LogP contribution is 2.32. The van der Waals surface area contributed by atoms with Gasteiger partial charge in [0.15, 0.2) is 19.7 Å². The smallest absolute Gasteiger partial charge is 0.496 e. The van der Waals surface area contributed by atoms with Crippen molar-refractivity contribution in [2.75, 3.05) is 43.8 Å². The highest BCUT2D eigenvalue weighted by molar-refractivity contribution is 7.91. The molecule has 5 N–H and O–H groups in total. The predicted molar refractivity (Wildman–Crippen MR) is 140 cm³/mol. The van der Waals surface area contributed by atoms with Gasteiger partial charge in [0.05, 0.1) is 53.5 Å². The molecule has 0 atom stereocenters. The lowest BCUT2D eigenvalue weighted by Crippen LogP contribution is -2.17. The predicted octanol–water partition coefficient (Wildman–Crippen LogP) is 2.15. The van der Waals surface area contributed by atoms with Crippen molar-refractivity contribution >= 4 is 49.1 Å². The summed E-state index contributed by atoms with van der Waals surface area (Å²) in [4.78, 5) is 34.2. The number of hydrogen-bond donors (Lipinski definition) is 3. The Labute approximate surface area is 225 Å². The van der Waals surface area contributed by atoms with Gasteiger partial charge in [0.1, 0.15) is 22.6 Å². The summed E-state index contributed by atoms with van der Waals surface area (Å²) in [6.07, 6.45) is -1.21. The Balaban J connectivity index is 0.00000113. The first-order valence-electron chi connectivity index (χ1n) is 11.1. The summed E-state index contributed by atoms with van der Waals surface area (Å²) < 4.78 is 68.1. The second-order valence-corrected chi connectivity index (χ2v) is 11.9. The van der Waals surface area contributed by atoms with Crippen molar-refractivity contribution in [1.29, 1.82) is 0 Å². The molecule has 0 spiro atoms. The topological polar surface area (TPSA) is 229 Å². The first kappa shape index (κ1) is 33.0. The van der Waals surface area contributed by atoms with E-state index in [1.165, 1.54) is 28.1 Å². The van der Waals surface area contributed by atoms with Gasteiger partial charge in [0.2, 0.25) is 0 Å². The lowest BCUT2D eigenvalue weighted by atomic mass is 10.1. The lowest BCUT2D eigenvalue weighted by molar-refractivity contribution is 0.0393. The van der Waals surface area contributed by atoms with Gasteiger partial charge in [-0.25, -0.2) is 31.2 Å². The standard InChI is InChI=1S/C20H24N2O9S2.C3H6O3/c1-5-32(25,26)17-7-11(15(29-3)9-13(17)21)19(23)31-20(24)12-8-18(33(27,28)6-2)14(22)10-16(12)30-4;1-2-6-3(4)5/h7-10H,5-6,21-22H2,1-4H3;2H2,1H3,(H,4,5). The molecule has 0 saturated heterocycles. The molecule has 0 radical (unpaired) electrons. The van der Waals surface area contributed by atoms with Gasteiger partial charge in [-0.1, -0.05) is 13.8 Å². The van der Waals surface area contributed by atoms with E-state index >= 15 is 0 Å². The Kier molecular flexibility index (Phi) is 11.5. The average Bonchev–Trinajstić information content (AvgIpc) is 2.87. The maximum atomic E-state index is 12.7. The van der Waals surface area contributed by atoms with E-state index in [4.69, 9.17) is 30.8 Å². The number of carbonyl (C=O) groups is 3. The molecule has 2 rings (SSSR count). The van der Waals surface area contributed by atoms with Crippen molar-refractivity contribution in [2.45, 2.75) is 30.6 Å². The molecule has 39 heavy (non-hydrogen) atoms. The molecule has 0 aliphatic rings. The van der Waals surface area contributed by atoms with Crippen LogP contribution in [0.15, 0.2) is 34.1 Å². The molecule has 0 fully saturated rings. The van der Waals surface area contributed by atoms with E-state index in [0.717, 1.165) is 24.3 Å². The summed E-state index contributed by atoms with van der Waals surface area (Å²) in [6, 6.07) is 4.16. The van der Waals surface area contributed by atoms with Crippen LogP contribution in [0.3, 0.4) is 0 Å². The number of nitrogens with two attached hydrogens (primary N) is 2. The summed E-state index contributed by atoms with van der Waals surface area (Å²) in [7, 11) is -5.18. The summed E-state index contributed by atoms with van der Waals surface area (Å²) in [6.45, 7) is 4.65. The fourth-order valence-electron chi connectivity index (χ4n) is 2.98. The van der Waals surface area contributed by atoms with Crippen LogP contribution in [0.4, 0.5) is 16.2 Å². The first-order chi connectivity index (χ1) is 18.1. The molecule has 0 amide bonds. The van der Waals surface area contributed by atoms with Crippen molar-refractivity contribution in [2.24, 2.45) is 0 Å². The Morgan fingerprint density at radius 1 is 0.744 bits per heavy atom. The molecule has 0 heterocycles. The van der Waals surface area contributed by atoms with Crippen molar-refractivity contribution < 1.29 is 55.3 Å². The van der Waals surface area contributed by atoms with Gasteiger partial charge in [-0.3, -0.25) is 0 Å². The van der Waals surface area contributed by atoms with Crippen molar-refractivity contribution in [3.63, 3.8) is 0 Å². The van der Waals surface area contributed by atoms with Crippen LogP contribution < -0.4 is 20.9 Å². The Hall–Kier alpha value is -4.05. The molecule has 0 bridgehead atoms. The van der Waals surface area contributed by atoms with Crippen molar-refractivity contribution in [3.05, 3.63) is 35.4 Å². The van der Waals surface area contributed by atoms with Crippen molar-refractivity contribution in [1.82, 2.24) is 0 Å². The average molecular weight is 591 g/mol. The Morgan fingerprint density at radius 3 is 1.33 bits per heavy atom. The van der Waals surface area contributed by atoms with Crippen LogP contribution in [-0.2, 0) is 29.1 Å². The summed E-state index contributed by atoms with van der Waals surface area (Å²) in [5.74, 6) is -3.31. The monoisotopic (exact) mass is 590 g/mol. The van der Waals surface area contributed by atoms with Gasteiger partial charge in [-0.2, -0.15) is 0 Å². The van der Waals surface area contributed by atoms with Crippen LogP contribution in [0.2, 0.25) is 0 Å². The third-order valence-corrected chi connectivity index (χ3v) is 8.55. The zero-order valence-electron chi connectivity index (χ0n) is 21.8. The SMILES string of the molecule is CCOC(=O)O.CCS(=O)(=O)c1cc(C(=O)OC(=O)c2cc(S(=O)(=O)CC)c(N)cc2OC)c(OC)cc1N. The summed E-state index contributed by atoms with van der Waals surface area (Å²) >= 11 is 0. The van der Waals surface area contributed by atoms with E-state index in [2.05, 4.69) is 4.74 Å². The third kappa shape index (κ3) is 8.22. The molecule has 0 aromatic heterocycles. The van der Waals surface area contributed by atoms with E-state index < -0.39 is 37.8 Å². The number of benzene rings is 2. The molecule has 2 aromatic rings. The highest BCUT2D eigenvalue weighted by atomic mass is 32.2. The first-order valence-corrected chi connectivity index (χ1v) is 14.4. The van der Waals surface area contributed by atoms with Crippen LogP contribution >= 0.6 is 0 Å². The largest absolute Gasteiger partial charge is 0.505 e. The minimum atomic E-state index is -3.80. The van der Waals surface area contributed by atoms with Crippen LogP contribution in [-0.4, -0.2) is 72.4 Å². The molecule has 16 heteroatoms. The fraction of sp³-hybridized carbons (Fsp3) is 0.348. The van der Waals surface area contributed by atoms with E-state index in [1.54, 1.807) is 6.92 Å². The maximum Gasteiger partial charge on any atom is 0.505 e. The van der Waals surface area contributed by atoms with Crippen LogP contribution in [0.25, 0.3) is 0 Å². The lowest BCUT2D eigenvalue weighted by Gasteiger charge is -2.14. The van der Waals surface area contributed by atoms with E-state index in [0.29, 0.717) is 0 Å². The minimum absolute atomic E-state index is 0.126. The highest BCUT2D eigenvalue weighted by Gasteiger charge is 2.28. The zero-order chi connectivity index (χ0) is 30.1. The number of ether oxygens (including phenoxy) is 4. The second kappa shape index (κ2) is 13.7. The third-order valence-electron chi connectivity index (χ3n) is 4.99.